The summed E-state index contributed by atoms with van der Waals surface area (Å²) >= 11 is 1.93. The van der Waals surface area contributed by atoms with Crippen molar-refractivity contribution in [3.05, 3.63) is 0 Å². The van der Waals surface area contributed by atoms with Crippen molar-refractivity contribution in [3.8, 4) is 0 Å². The molecule has 0 atom stereocenters. The van der Waals surface area contributed by atoms with E-state index in [1.54, 1.807) is 7.11 Å². The first-order chi connectivity index (χ1) is 5.27. The van der Waals surface area contributed by atoms with Gasteiger partial charge in [0.05, 0.1) is 6.61 Å². The normalized spacial score (nSPS) is 10.9. The molecule has 0 aromatic heterocycles. The molecule has 0 radical (unpaired) electrons. The second-order valence-electron chi connectivity index (χ2n) is 2.71. The van der Waals surface area contributed by atoms with E-state index in [9.17, 15) is 0 Å². The molecule has 0 heterocycles. The van der Waals surface area contributed by atoms with Gasteiger partial charge in [-0.2, -0.15) is 11.8 Å². The van der Waals surface area contributed by atoms with Crippen LogP contribution >= 0.6 is 11.8 Å². The molecule has 0 aliphatic heterocycles. The van der Waals surface area contributed by atoms with Crippen LogP contribution in [0.2, 0.25) is 0 Å². The lowest BCUT2D eigenvalue weighted by Crippen LogP contribution is -2.25. The SMILES string of the molecule is COCCSCCNC(C)C. The minimum Gasteiger partial charge on any atom is -0.384 e. The van der Waals surface area contributed by atoms with Crippen LogP contribution in [0.15, 0.2) is 0 Å². The molecule has 0 saturated carbocycles. The summed E-state index contributed by atoms with van der Waals surface area (Å²) < 4.78 is 4.93. The Morgan fingerprint density at radius 1 is 1.36 bits per heavy atom. The first kappa shape index (κ1) is 11.3. The molecule has 0 amide bonds. The van der Waals surface area contributed by atoms with Crippen molar-refractivity contribution in [2.75, 3.05) is 31.8 Å². The van der Waals surface area contributed by atoms with E-state index in [0.717, 1.165) is 18.9 Å². The van der Waals surface area contributed by atoms with Gasteiger partial charge in [0, 0.05) is 31.2 Å². The van der Waals surface area contributed by atoms with Gasteiger partial charge in [0.25, 0.3) is 0 Å². The molecule has 0 aromatic carbocycles. The molecule has 0 unspecified atom stereocenters. The van der Waals surface area contributed by atoms with Crippen LogP contribution in [0.25, 0.3) is 0 Å². The van der Waals surface area contributed by atoms with E-state index in [0.29, 0.717) is 6.04 Å². The number of rotatable bonds is 7. The van der Waals surface area contributed by atoms with Gasteiger partial charge in [-0.1, -0.05) is 13.8 Å². The second kappa shape index (κ2) is 8.37. The lowest BCUT2D eigenvalue weighted by atomic mass is 10.4. The molecule has 0 aromatic rings. The fourth-order valence-corrected chi connectivity index (χ4v) is 1.41. The number of nitrogens with one attached hydrogen (secondary N) is 1. The lowest BCUT2D eigenvalue weighted by molar-refractivity contribution is 0.218. The van der Waals surface area contributed by atoms with E-state index in [-0.39, 0.29) is 0 Å². The van der Waals surface area contributed by atoms with Crippen LogP contribution in [0.4, 0.5) is 0 Å². The molecule has 0 rings (SSSR count). The maximum atomic E-state index is 4.93. The maximum absolute atomic E-state index is 4.93. The number of hydrogen-bond acceptors (Lipinski definition) is 3. The Morgan fingerprint density at radius 2 is 2.09 bits per heavy atom. The lowest BCUT2D eigenvalue weighted by Gasteiger charge is -2.06. The molecular weight excluding hydrogens is 158 g/mol. The Hall–Kier alpha value is 0.270. The summed E-state index contributed by atoms with van der Waals surface area (Å²) in [5.41, 5.74) is 0. The minimum absolute atomic E-state index is 0.609. The van der Waals surface area contributed by atoms with E-state index < -0.39 is 0 Å². The Morgan fingerprint density at radius 3 is 2.64 bits per heavy atom. The molecule has 68 valence electrons. The number of methoxy groups -OCH3 is 1. The molecule has 0 saturated heterocycles. The van der Waals surface area contributed by atoms with Crippen LogP contribution in [-0.2, 0) is 4.74 Å². The quantitative estimate of drug-likeness (QED) is 0.593. The molecule has 1 N–H and O–H groups in total. The predicted molar refractivity (Wildman–Crippen MR) is 52.3 cm³/mol. The van der Waals surface area contributed by atoms with Crippen LogP contribution in [0.1, 0.15) is 13.8 Å². The van der Waals surface area contributed by atoms with Crippen molar-refractivity contribution < 1.29 is 4.74 Å². The molecule has 0 bridgehead atoms. The third-order valence-electron chi connectivity index (χ3n) is 1.23. The highest BCUT2D eigenvalue weighted by Crippen LogP contribution is 1.97. The summed E-state index contributed by atoms with van der Waals surface area (Å²) in [6, 6.07) is 0.609. The monoisotopic (exact) mass is 177 g/mol. The van der Waals surface area contributed by atoms with Gasteiger partial charge in [-0.05, 0) is 0 Å². The van der Waals surface area contributed by atoms with Crippen molar-refractivity contribution in [1.82, 2.24) is 5.32 Å². The van der Waals surface area contributed by atoms with Crippen LogP contribution in [0.5, 0.6) is 0 Å². The smallest absolute Gasteiger partial charge is 0.0552 e. The fourth-order valence-electron chi connectivity index (χ4n) is 0.664. The molecular formula is C8H19NOS. The summed E-state index contributed by atoms with van der Waals surface area (Å²) in [7, 11) is 1.74. The van der Waals surface area contributed by atoms with Crippen LogP contribution in [0.3, 0.4) is 0 Å². The topological polar surface area (TPSA) is 21.3 Å². The third kappa shape index (κ3) is 10.3. The summed E-state index contributed by atoms with van der Waals surface area (Å²) in [6.07, 6.45) is 0. The van der Waals surface area contributed by atoms with Crippen molar-refractivity contribution in [2.24, 2.45) is 0 Å². The van der Waals surface area contributed by atoms with Crippen molar-refractivity contribution >= 4 is 11.8 Å². The van der Waals surface area contributed by atoms with Crippen molar-refractivity contribution in [3.63, 3.8) is 0 Å². The van der Waals surface area contributed by atoms with Gasteiger partial charge in [0.15, 0.2) is 0 Å². The first-order valence-corrected chi connectivity index (χ1v) is 5.23. The van der Waals surface area contributed by atoms with Crippen LogP contribution in [-0.4, -0.2) is 37.8 Å². The summed E-state index contributed by atoms with van der Waals surface area (Å²) in [5.74, 6) is 2.29. The van der Waals surface area contributed by atoms with E-state index in [1.807, 2.05) is 11.8 Å². The zero-order chi connectivity index (χ0) is 8.53. The first-order valence-electron chi connectivity index (χ1n) is 4.07. The number of hydrogen-bond donors (Lipinski definition) is 1. The molecule has 0 fully saturated rings. The van der Waals surface area contributed by atoms with Crippen LogP contribution < -0.4 is 5.32 Å². The zero-order valence-corrected chi connectivity index (χ0v) is 8.54. The highest BCUT2D eigenvalue weighted by atomic mass is 32.2. The van der Waals surface area contributed by atoms with Gasteiger partial charge >= 0.3 is 0 Å². The Labute approximate surface area is 74.1 Å². The molecule has 0 spiro atoms. The van der Waals surface area contributed by atoms with E-state index >= 15 is 0 Å². The van der Waals surface area contributed by atoms with Gasteiger partial charge in [-0.15, -0.1) is 0 Å². The maximum Gasteiger partial charge on any atom is 0.0552 e. The summed E-state index contributed by atoms with van der Waals surface area (Å²) in [5, 5.41) is 3.36. The molecule has 11 heavy (non-hydrogen) atoms. The van der Waals surface area contributed by atoms with Crippen LogP contribution in [0, 0.1) is 0 Å². The highest BCUT2D eigenvalue weighted by Gasteiger charge is 1.91. The largest absolute Gasteiger partial charge is 0.384 e. The third-order valence-corrected chi connectivity index (χ3v) is 2.18. The van der Waals surface area contributed by atoms with E-state index in [4.69, 9.17) is 4.74 Å². The second-order valence-corrected chi connectivity index (χ2v) is 3.94. The average Bonchev–Trinajstić information content (AvgIpc) is 1.96. The van der Waals surface area contributed by atoms with Gasteiger partial charge in [-0.3, -0.25) is 0 Å². The Bertz CT molecular complexity index is 78.5. The minimum atomic E-state index is 0.609. The summed E-state index contributed by atoms with van der Waals surface area (Å²) in [6.45, 7) is 6.30. The predicted octanol–water partition coefficient (Wildman–Crippen LogP) is 1.36. The van der Waals surface area contributed by atoms with Gasteiger partial charge in [0.1, 0.15) is 0 Å². The van der Waals surface area contributed by atoms with Crippen molar-refractivity contribution in [2.45, 2.75) is 19.9 Å². The zero-order valence-electron chi connectivity index (χ0n) is 7.72. The molecule has 0 aliphatic rings. The summed E-state index contributed by atoms with van der Waals surface area (Å²) in [4.78, 5) is 0. The number of ether oxygens (including phenoxy) is 1. The highest BCUT2D eigenvalue weighted by molar-refractivity contribution is 7.99. The molecule has 3 heteroatoms. The average molecular weight is 177 g/mol. The fraction of sp³-hybridized carbons (Fsp3) is 1.00. The van der Waals surface area contributed by atoms with Crippen molar-refractivity contribution in [1.29, 1.82) is 0 Å². The molecule has 2 nitrogen and oxygen atoms in total. The van der Waals surface area contributed by atoms with Gasteiger partial charge in [-0.25, -0.2) is 0 Å². The van der Waals surface area contributed by atoms with E-state index in [1.165, 1.54) is 5.75 Å². The number of thioether (sulfide) groups is 1. The molecule has 0 aliphatic carbocycles. The Kier molecular flexibility index (Phi) is 8.57. The Balaban J connectivity index is 2.80. The van der Waals surface area contributed by atoms with Gasteiger partial charge in [0.2, 0.25) is 0 Å². The standard InChI is InChI=1S/C8H19NOS/c1-8(2)9-4-6-11-7-5-10-3/h8-9H,4-7H2,1-3H3. The van der Waals surface area contributed by atoms with Gasteiger partial charge < -0.3 is 10.1 Å². The van der Waals surface area contributed by atoms with E-state index in [2.05, 4.69) is 19.2 Å².